The van der Waals surface area contributed by atoms with Crippen LogP contribution in [0.1, 0.15) is 49.8 Å². The van der Waals surface area contributed by atoms with Crippen LogP contribution >= 0.6 is 11.8 Å². The molecule has 1 aliphatic rings. The minimum absolute atomic E-state index is 0.200. The molecule has 2 atom stereocenters. The summed E-state index contributed by atoms with van der Waals surface area (Å²) in [5.41, 5.74) is 5.54. The minimum Gasteiger partial charge on any atom is -0.337 e. The molecule has 0 aliphatic carbocycles. The van der Waals surface area contributed by atoms with Crippen molar-refractivity contribution in [2.24, 2.45) is 0 Å². The first-order valence-corrected chi connectivity index (χ1v) is 11.1. The molecule has 28 heavy (non-hydrogen) atoms. The lowest BCUT2D eigenvalue weighted by Crippen LogP contribution is -2.48. The average Bonchev–Trinajstić information content (AvgIpc) is 3.08. The van der Waals surface area contributed by atoms with E-state index in [4.69, 9.17) is 0 Å². The molecule has 1 aromatic carbocycles. The Hall–Kier alpha value is -2.08. The number of piperidine rings is 1. The number of nitrogens with zero attached hydrogens (tertiary/aromatic N) is 4. The molecule has 1 amide bonds. The summed E-state index contributed by atoms with van der Waals surface area (Å²) in [4.78, 5) is 15.0. The van der Waals surface area contributed by atoms with Gasteiger partial charge in [-0.3, -0.25) is 9.20 Å². The molecule has 2 aromatic heterocycles. The molecule has 4 rings (SSSR count). The minimum atomic E-state index is 0.200. The summed E-state index contributed by atoms with van der Waals surface area (Å²) in [6, 6.07) is 7.13. The van der Waals surface area contributed by atoms with E-state index in [-0.39, 0.29) is 5.91 Å². The van der Waals surface area contributed by atoms with E-state index in [2.05, 4.69) is 72.3 Å². The van der Waals surface area contributed by atoms with E-state index in [0.717, 1.165) is 34.7 Å². The molecule has 1 saturated heterocycles. The second-order valence-electron chi connectivity index (χ2n) is 8.15. The Morgan fingerprint density at radius 3 is 2.46 bits per heavy atom. The maximum Gasteiger partial charge on any atom is 0.233 e. The predicted molar refractivity (Wildman–Crippen MR) is 115 cm³/mol. The molecule has 3 heterocycles. The first-order chi connectivity index (χ1) is 13.4. The van der Waals surface area contributed by atoms with Crippen LogP contribution in [0.2, 0.25) is 0 Å². The second kappa shape index (κ2) is 7.39. The third kappa shape index (κ3) is 3.17. The molecule has 1 aliphatic heterocycles. The van der Waals surface area contributed by atoms with Gasteiger partial charge in [0, 0.05) is 17.5 Å². The molecule has 6 heteroatoms. The first-order valence-electron chi connectivity index (χ1n) is 10.1. The number of carbonyl (C=O) groups is 1. The number of fused-ring (bicyclic) bond motifs is 3. The van der Waals surface area contributed by atoms with E-state index in [0.29, 0.717) is 17.8 Å². The van der Waals surface area contributed by atoms with Crippen molar-refractivity contribution in [3.8, 4) is 0 Å². The van der Waals surface area contributed by atoms with Gasteiger partial charge in [0.25, 0.3) is 0 Å². The van der Waals surface area contributed by atoms with Crippen molar-refractivity contribution in [2.45, 2.75) is 71.1 Å². The predicted octanol–water partition coefficient (Wildman–Crippen LogP) is 4.69. The zero-order valence-corrected chi connectivity index (χ0v) is 18.1. The summed E-state index contributed by atoms with van der Waals surface area (Å²) in [7, 11) is 0. The third-order valence-corrected chi connectivity index (χ3v) is 6.93. The summed E-state index contributed by atoms with van der Waals surface area (Å²) >= 11 is 1.50. The van der Waals surface area contributed by atoms with Gasteiger partial charge in [-0.2, -0.15) is 0 Å². The Balaban J connectivity index is 1.70. The summed E-state index contributed by atoms with van der Waals surface area (Å²) in [5.74, 6) is 0.599. The van der Waals surface area contributed by atoms with Gasteiger partial charge < -0.3 is 4.90 Å². The number of aromatic nitrogens is 3. The number of aryl methyl sites for hydroxylation is 3. The van der Waals surface area contributed by atoms with Gasteiger partial charge in [0.15, 0.2) is 10.8 Å². The van der Waals surface area contributed by atoms with Crippen LogP contribution in [0.4, 0.5) is 0 Å². The summed E-state index contributed by atoms with van der Waals surface area (Å²) in [6.07, 6.45) is 3.39. The van der Waals surface area contributed by atoms with E-state index in [1.807, 2.05) is 0 Å². The van der Waals surface area contributed by atoms with Crippen molar-refractivity contribution < 1.29 is 4.79 Å². The zero-order valence-electron chi connectivity index (χ0n) is 17.3. The number of pyridine rings is 1. The lowest BCUT2D eigenvalue weighted by molar-refractivity contribution is -0.134. The Morgan fingerprint density at radius 1 is 1.07 bits per heavy atom. The number of likely N-dealkylation sites (tertiary alicyclic amines) is 1. The van der Waals surface area contributed by atoms with Crippen molar-refractivity contribution in [2.75, 3.05) is 5.75 Å². The van der Waals surface area contributed by atoms with Gasteiger partial charge in [-0.1, -0.05) is 23.9 Å². The van der Waals surface area contributed by atoms with Crippen molar-refractivity contribution in [1.29, 1.82) is 0 Å². The van der Waals surface area contributed by atoms with E-state index in [9.17, 15) is 4.79 Å². The smallest absolute Gasteiger partial charge is 0.233 e. The molecular weight excluding hydrogens is 368 g/mol. The first kappa shape index (κ1) is 19.2. The summed E-state index contributed by atoms with van der Waals surface area (Å²) in [5, 5.41) is 10.9. The SMILES string of the molecule is Cc1ccc(C)c2c1cc(C)c1nnc(SCC(=O)N3C(C)CCCC3C)n12. The molecule has 5 nitrogen and oxygen atoms in total. The van der Waals surface area contributed by atoms with Gasteiger partial charge in [-0.05, 0) is 76.6 Å². The van der Waals surface area contributed by atoms with Crippen molar-refractivity contribution in [3.05, 3.63) is 34.9 Å². The van der Waals surface area contributed by atoms with Crippen LogP contribution in [0.25, 0.3) is 16.6 Å². The van der Waals surface area contributed by atoms with Crippen LogP contribution in [0.15, 0.2) is 23.4 Å². The number of hydrogen-bond acceptors (Lipinski definition) is 4. The van der Waals surface area contributed by atoms with Crippen LogP contribution in [0.5, 0.6) is 0 Å². The van der Waals surface area contributed by atoms with Gasteiger partial charge in [0.05, 0.1) is 11.3 Å². The molecule has 2 unspecified atom stereocenters. The van der Waals surface area contributed by atoms with E-state index >= 15 is 0 Å². The van der Waals surface area contributed by atoms with Crippen LogP contribution in [-0.2, 0) is 4.79 Å². The van der Waals surface area contributed by atoms with Gasteiger partial charge in [0.2, 0.25) is 5.91 Å². The highest BCUT2D eigenvalue weighted by Gasteiger charge is 2.29. The maximum atomic E-state index is 12.9. The van der Waals surface area contributed by atoms with Crippen molar-refractivity contribution >= 4 is 34.2 Å². The van der Waals surface area contributed by atoms with Gasteiger partial charge in [-0.25, -0.2) is 0 Å². The lowest BCUT2D eigenvalue weighted by Gasteiger charge is -2.39. The quantitative estimate of drug-likeness (QED) is 0.603. The highest BCUT2D eigenvalue weighted by atomic mass is 32.2. The number of carbonyl (C=O) groups excluding carboxylic acids is 1. The Bertz CT molecular complexity index is 1050. The van der Waals surface area contributed by atoms with Crippen molar-refractivity contribution in [1.82, 2.24) is 19.5 Å². The fourth-order valence-electron chi connectivity index (χ4n) is 4.51. The summed E-state index contributed by atoms with van der Waals surface area (Å²) in [6.45, 7) is 10.6. The molecule has 0 N–H and O–H groups in total. The van der Waals surface area contributed by atoms with E-state index in [1.165, 1.54) is 34.7 Å². The fourth-order valence-corrected chi connectivity index (χ4v) is 5.32. The fraction of sp³-hybridized carbons (Fsp3) is 0.500. The van der Waals surface area contributed by atoms with Gasteiger partial charge in [-0.15, -0.1) is 10.2 Å². The monoisotopic (exact) mass is 396 g/mol. The number of hydrogen-bond donors (Lipinski definition) is 0. The highest BCUT2D eigenvalue weighted by Crippen LogP contribution is 2.30. The third-order valence-electron chi connectivity index (χ3n) is 6.01. The molecule has 0 bridgehead atoms. The average molecular weight is 397 g/mol. The standard InChI is InChI=1S/C22H28N4OS/c1-13-9-10-14(2)20-18(13)11-15(3)21-23-24-22(26(20)21)28-12-19(27)25-16(4)7-6-8-17(25)5/h9-11,16-17H,6-8,12H2,1-5H3. The normalized spacial score (nSPS) is 20.2. The molecule has 3 aromatic rings. The number of benzene rings is 1. The second-order valence-corrected chi connectivity index (χ2v) is 9.09. The number of rotatable bonds is 3. The Kier molecular flexibility index (Phi) is 5.08. The van der Waals surface area contributed by atoms with Crippen LogP contribution in [0.3, 0.4) is 0 Å². The van der Waals surface area contributed by atoms with Gasteiger partial charge in [0.1, 0.15) is 0 Å². The van der Waals surface area contributed by atoms with E-state index in [1.54, 1.807) is 0 Å². The molecule has 0 spiro atoms. The number of thioether (sulfide) groups is 1. The lowest BCUT2D eigenvalue weighted by atomic mass is 9.98. The van der Waals surface area contributed by atoms with Crippen LogP contribution in [-0.4, -0.2) is 43.2 Å². The summed E-state index contributed by atoms with van der Waals surface area (Å²) < 4.78 is 2.13. The highest BCUT2D eigenvalue weighted by molar-refractivity contribution is 7.99. The number of amides is 1. The molecule has 0 radical (unpaired) electrons. The van der Waals surface area contributed by atoms with Gasteiger partial charge >= 0.3 is 0 Å². The topological polar surface area (TPSA) is 50.5 Å². The molecule has 148 valence electrons. The molecular formula is C22H28N4OS. The molecule has 0 saturated carbocycles. The Labute approximate surface area is 170 Å². The van der Waals surface area contributed by atoms with Crippen LogP contribution < -0.4 is 0 Å². The zero-order chi connectivity index (χ0) is 20.0. The van der Waals surface area contributed by atoms with Crippen molar-refractivity contribution in [3.63, 3.8) is 0 Å². The van der Waals surface area contributed by atoms with E-state index < -0.39 is 0 Å². The largest absolute Gasteiger partial charge is 0.337 e. The Morgan fingerprint density at radius 2 is 1.75 bits per heavy atom. The van der Waals surface area contributed by atoms with Crippen LogP contribution in [0, 0.1) is 20.8 Å². The maximum absolute atomic E-state index is 12.9. The molecule has 1 fully saturated rings.